The predicted molar refractivity (Wildman–Crippen MR) is 45.4 cm³/mol. The molecule has 1 saturated carbocycles. The number of carbonyl (C=O) groups excluding carboxylic acids is 1. The van der Waals surface area contributed by atoms with E-state index in [9.17, 15) is 4.79 Å². The highest BCUT2D eigenvalue weighted by atomic mass is 35.5. The first kappa shape index (κ1) is 8.85. The predicted octanol–water partition coefficient (Wildman–Crippen LogP) is 1.66. The lowest BCUT2D eigenvalue weighted by Gasteiger charge is -2.14. The molecule has 1 fully saturated rings. The third-order valence-electron chi connectivity index (χ3n) is 3.04. The van der Waals surface area contributed by atoms with Crippen LogP contribution in [0.15, 0.2) is 0 Å². The van der Waals surface area contributed by atoms with Gasteiger partial charge in [-0.05, 0) is 19.3 Å². The molecule has 1 rings (SSSR count). The van der Waals surface area contributed by atoms with Gasteiger partial charge < -0.3 is 5.73 Å². The van der Waals surface area contributed by atoms with Crippen molar-refractivity contribution < 1.29 is 4.79 Å². The second-order valence-electron chi connectivity index (χ2n) is 3.33. The van der Waals surface area contributed by atoms with Gasteiger partial charge in [0, 0.05) is 5.41 Å². The van der Waals surface area contributed by atoms with E-state index in [1.54, 1.807) is 0 Å². The topological polar surface area (TPSA) is 43.1 Å². The van der Waals surface area contributed by atoms with Crippen molar-refractivity contribution in [3.8, 4) is 0 Å². The summed E-state index contributed by atoms with van der Waals surface area (Å²) in [6, 6.07) is 0. The van der Waals surface area contributed by atoms with Gasteiger partial charge in [-0.1, -0.05) is 13.8 Å². The zero-order chi connectivity index (χ0) is 8.70. The van der Waals surface area contributed by atoms with Crippen LogP contribution in [0.3, 0.4) is 0 Å². The fourth-order valence-electron chi connectivity index (χ4n) is 1.83. The minimum Gasteiger partial charge on any atom is -0.368 e. The van der Waals surface area contributed by atoms with Crippen LogP contribution < -0.4 is 5.73 Å². The Morgan fingerprint density at radius 2 is 2.00 bits per heavy atom. The molecule has 2 nitrogen and oxygen atoms in total. The van der Waals surface area contributed by atoms with Gasteiger partial charge in [0.15, 0.2) is 0 Å². The summed E-state index contributed by atoms with van der Waals surface area (Å²) in [4.78, 5) is 10.2. The van der Waals surface area contributed by atoms with E-state index in [4.69, 9.17) is 17.3 Å². The molecule has 0 heterocycles. The van der Waals surface area contributed by atoms with Gasteiger partial charge in [0.05, 0.1) is 0 Å². The molecule has 1 atom stereocenters. The molecule has 1 unspecified atom stereocenters. The van der Waals surface area contributed by atoms with Crippen molar-refractivity contribution in [1.82, 2.24) is 0 Å². The molecule has 0 aromatic rings. The number of halogens is 1. The second kappa shape index (κ2) is 2.37. The smallest absolute Gasteiger partial charge is 0.239 e. The Labute approximate surface area is 72.1 Å². The van der Waals surface area contributed by atoms with Gasteiger partial charge in [-0.3, -0.25) is 4.79 Å². The SMILES string of the molecule is CCC1(CC)CC1(Cl)C(N)=O. The minimum absolute atomic E-state index is 0.000386. The number of nitrogens with two attached hydrogens (primary N) is 1. The monoisotopic (exact) mass is 175 g/mol. The molecule has 1 aliphatic carbocycles. The number of hydrogen-bond acceptors (Lipinski definition) is 1. The molecular weight excluding hydrogens is 162 g/mol. The van der Waals surface area contributed by atoms with Crippen molar-refractivity contribution in [2.24, 2.45) is 11.1 Å². The molecule has 0 aromatic heterocycles. The van der Waals surface area contributed by atoms with E-state index in [2.05, 4.69) is 13.8 Å². The summed E-state index contributed by atoms with van der Waals surface area (Å²) < 4.78 is 0. The van der Waals surface area contributed by atoms with Gasteiger partial charge in [-0.2, -0.15) is 0 Å². The fraction of sp³-hybridized carbons (Fsp3) is 0.875. The molecule has 64 valence electrons. The normalized spacial score (nSPS) is 33.4. The van der Waals surface area contributed by atoms with Crippen molar-refractivity contribution in [1.29, 1.82) is 0 Å². The summed E-state index contributed by atoms with van der Waals surface area (Å²) in [6.07, 6.45) is 2.63. The largest absolute Gasteiger partial charge is 0.368 e. The maximum Gasteiger partial charge on any atom is 0.239 e. The van der Waals surface area contributed by atoms with Gasteiger partial charge >= 0.3 is 0 Å². The highest BCUT2D eigenvalue weighted by Gasteiger charge is 2.68. The van der Waals surface area contributed by atoms with Gasteiger partial charge in [-0.15, -0.1) is 11.6 Å². The van der Waals surface area contributed by atoms with Crippen LogP contribution in [-0.4, -0.2) is 10.8 Å². The number of alkyl halides is 1. The fourth-order valence-corrected chi connectivity index (χ4v) is 2.35. The van der Waals surface area contributed by atoms with Crippen molar-refractivity contribution in [2.45, 2.75) is 38.0 Å². The van der Waals surface area contributed by atoms with Crippen LogP contribution in [-0.2, 0) is 4.79 Å². The van der Waals surface area contributed by atoms with Crippen molar-refractivity contribution >= 4 is 17.5 Å². The van der Waals surface area contributed by atoms with Gasteiger partial charge in [-0.25, -0.2) is 0 Å². The molecule has 1 amide bonds. The Morgan fingerprint density at radius 1 is 1.55 bits per heavy atom. The highest BCUT2D eigenvalue weighted by Crippen LogP contribution is 2.64. The van der Waals surface area contributed by atoms with Gasteiger partial charge in [0.2, 0.25) is 5.91 Å². The number of hydrogen-bond donors (Lipinski definition) is 1. The molecule has 0 aliphatic heterocycles. The Morgan fingerprint density at radius 3 is 2.09 bits per heavy atom. The standard InChI is InChI=1S/C8H14ClNO/c1-3-7(4-2)5-8(7,9)6(10)11/h3-5H2,1-2H3,(H2,10,11). The van der Waals surface area contributed by atoms with Gasteiger partial charge in [0.1, 0.15) is 4.87 Å². The Bertz CT molecular complexity index is 189. The Kier molecular flexibility index (Phi) is 1.91. The first-order valence-corrected chi connectivity index (χ1v) is 4.39. The van der Waals surface area contributed by atoms with E-state index in [1.165, 1.54) is 0 Å². The Balaban J connectivity index is 2.76. The lowest BCUT2D eigenvalue weighted by atomic mass is 9.96. The summed E-state index contributed by atoms with van der Waals surface area (Å²) in [5.74, 6) is -0.358. The number of carbonyl (C=O) groups is 1. The van der Waals surface area contributed by atoms with E-state index in [-0.39, 0.29) is 11.3 Å². The number of amides is 1. The molecule has 0 aromatic carbocycles. The highest BCUT2D eigenvalue weighted by molar-refractivity contribution is 6.38. The third-order valence-corrected chi connectivity index (χ3v) is 3.76. The summed E-state index contributed by atoms with van der Waals surface area (Å²) in [7, 11) is 0. The Hall–Kier alpha value is -0.240. The van der Waals surface area contributed by atoms with E-state index in [0.717, 1.165) is 19.3 Å². The molecular formula is C8H14ClNO. The molecule has 0 saturated heterocycles. The molecule has 11 heavy (non-hydrogen) atoms. The second-order valence-corrected chi connectivity index (χ2v) is 3.97. The zero-order valence-electron chi connectivity index (χ0n) is 6.98. The van der Waals surface area contributed by atoms with Crippen LogP contribution in [0.4, 0.5) is 0 Å². The quantitative estimate of drug-likeness (QED) is 0.652. The molecule has 0 radical (unpaired) electrons. The lowest BCUT2D eigenvalue weighted by molar-refractivity contribution is -0.119. The summed E-state index contributed by atoms with van der Waals surface area (Å²) in [5, 5.41) is 0. The molecule has 3 heteroatoms. The molecule has 0 bridgehead atoms. The first-order chi connectivity index (χ1) is 5.02. The summed E-state index contributed by atoms with van der Waals surface area (Å²) in [6.45, 7) is 4.10. The number of rotatable bonds is 3. The minimum atomic E-state index is -0.726. The summed E-state index contributed by atoms with van der Waals surface area (Å²) >= 11 is 6.03. The maximum absolute atomic E-state index is 10.9. The zero-order valence-corrected chi connectivity index (χ0v) is 7.74. The summed E-state index contributed by atoms with van der Waals surface area (Å²) in [5.41, 5.74) is 5.19. The first-order valence-electron chi connectivity index (χ1n) is 4.01. The van der Waals surface area contributed by atoms with Gasteiger partial charge in [0.25, 0.3) is 0 Å². The maximum atomic E-state index is 10.9. The average molecular weight is 176 g/mol. The molecule has 0 spiro atoms. The van der Waals surface area contributed by atoms with Crippen molar-refractivity contribution in [3.05, 3.63) is 0 Å². The van der Waals surface area contributed by atoms with E-state index in [1.807, 2.05) is 0 Å². The van der Waals surface area contributed by atoms with Crippen LogP contribution in [0.1, 0.15) is 33.1 Å². The van der Waals surface area contributed by atoms with Crippen LogP contribution in [0.25, 0.3) is 0 Å². The van der Waals surface area contributed by atoms with Crippen LogP contribution in [0.2, 0.25) is 0 Å². The van der Waals surface area contributed by atoms with Crippen molar-refractivity contribution in [2.75, 3.05) is 0 Å². The van der Waals surface area contributed by atoms with E-state index >= 15 is 0 Å². The van der Waals surface area contributed by atoms with E-state index in [0.29, 0.717) is 0 Å². The number of primary amides is 1. The van der Waals surface area contributed by atoms with Crippen LogP contribution in [0.5, 0.6) is 0 Å². The lowest BCUT2D eigenvalue weighted by Crippen LogP contribution is -2.31. The third kappa shape index (κ3) is 0.959. The molecule has 2 N–H and O–H groups in total. The average Bonchev–Trinajstić information content (AvgIpc) is 2.59. The van der Waals surface area contributed by atoms with Crippen LogP contribution in [0, 0.1) is 5.41 Å². The van der Waals surface area contributed by atoms with E-state index < -0.39 is 4.87 Å². The van der Waals surface area contributed by atoms with Crippen LogP contribution >= 0.6 is 11.6 Å². The van der Waals surface area contributed by atoms with Crippen molar-refractivity contribution in [3.63, 3.8) is 0 Å². The molecule has 1 aliphatic rings.